The molecule has 1 aromatic carbocycles. The molecule has 0 radical (unpaired) electrons. The molecule has 0 amide bonds. The van der Waals surface area contributed by atoms with Gasteiger partial charge < -0.3 is 10.7 Å². The molecule has 0 saturated heterocycles. The number of rotatable bonds is 5. The molecular weight excluding hydrogens is 368 g/mol. The second kappa shape index (κ2) is 6.13. The van der Waals surface area contributed by atoms with Crippen LogP contribution in [0.5, 0.6) is 0 Å². The van der Waals surface area contributed by atoms with E-state index in [0.29, 0.717) is 16.7 Å². The number of nitrogen functional groups attached to an aromatic ring is 1. The molecule has 9 heteroatoms. The van der Waals surface area contributed by atoms with E-state index >= 15 is 0 Å². The van der Waals surface area contributed by atoms with Gasteiger partial charge in [0.05, 0.1) is 9.37 Å². The normalized spacial score (nSPS) is 11.7. The van der Waals surface area contributed by atoms with Crippen LogP contribution in [0.4, 0.5) is 5.69 Å². The number of benzene rings is 1. The quantitative estimate of drug-likeness (QED) is 0.691. The van der Waals surface area contributed by atoms with Crippen molar-refractivity contribution in [2.24, 2.45) is 0 Å². The van der Waals surface area contributed by atoms with Gasteiger partial charge in [-0.2, -0.15) is 0 Å². The number of nitrogens with two attached hydrogens (primary N) is 1. The Morgan fingerprint density at radius 2 is 2.20 bits per heavy atom. The first-order valence-corrected chi connectivity index (χ1v) is 8.28. The predicted molar refractivity (Wildman–Crippen MR) is 81.0 cm³/mol. The molecule has 1 aromatic heterocycles. The van der Waals surface area contributed by atoms with Crippen LogP contribution in [0.25, 0.3) is 0 Å². The Labute approximate surface area is 129 Å². The van der Waals surface area contributed by atoms with Crippen LogP contribution in [0.3, 0.4) is 0 Å². The average Bonchev–Trinajstić information content (AvgIpc) is 2.86. The smallest absolute Gasteiger partial charge is 0.241 e. The minimum Gasteiger partial charge on any atom is -0.398 e. The molecule has 0 fully saturated rings. The number of hydrogen-bond donors (Lipinski definition) is 3. The number of imidazole rings is 1. The third kappa shape index (κ3) is 3.51. The van der Waals surface area contributed by atoms with E-state index in [2.05, 4.69) is 30.6 Å². The van der Waals surface area contributed by atoms with Crippen LogP contribution in [0.15, 0.2) is 33.9 Å². The van der Waals surface area contributed by atoms with Crippen molar-refractivity contribution in [3.8, 4) is 0 Å². The van der Waals surface area contributed by atoms with Crippen LogP contribution in [0.2, 0.25) is 5.02 Å². The average molecular weight is 380 g/mol. The molecular formula is C11H12BrClN4O2S. The zero-order valence-corrected chi connectivity index (χ0v) is 13.4. The molecule has 6 nitrogen and oxygen atoms in total. The highest BCUT2D eigenvalue weighted by atomic mass is 79.9. The van der Waals surface area contributed by atoms with Crippen LogP contribution >= 0.6 is 27.5 Å². The summed E-state index contributed by atoms with van der Waals surface area (Å²) in [4.78, 5) is 6.93. The molecule has 0 aliphatic rings. The first-order chi connectivity index (χ1) is 9.40. The predicted octanol–water partition coefficient (Wildman–Crippen LogP) is 1.93. The Morgan fingerprint density at radius 3 is 2.85 bits per heavy atom. The molecule has 20 heavy (non-hydrogen) atoms. The molecule has 0 bridgehead atoms. The van der Waals surface area contributed by atoms with Gasteiger partial charge in [0.15, 0.2) is 0 Å². The number of nitrogens with zero attached hydrogens (tertiary/aromatic N) is 1. The minimum absolute atomic E-state index is 0.0157. The molecule has 0 unspecified atom stereocenters. The van der Waals surface area contributed by atoms with Gasteiger partial charge in [-0.3, -0.25) is 0 Å². The second-order valence-electron chi connectivity index (χ2n) is 3.99. The second-order valence-corrected chi connectivity index (χ2v) is 6.96. The summed E-state index contributed by atoms with van der Waals surface area (Å²) in [5.74, 6) is 0.706. The Hall–Kier alpha value is -1.09. The molecule has 108 valence electrons. The Bertz CT molecular complexity index is 703. The van der Waals surface area contributed by atoms with Crippen LogP contribution in [0.1, 0.15) is 5.82 Å². The van der Waals surface area contributed by atoms with Crippen LogP contribution in [0, 0.1) is 0 Å². The maximum Gasteiger partial charge on any atom is 0.241 e. The van der Waals surface area contributed by atoms with Gasteiger partial charge in [-0.15, -0.1) is 0 Å². The molecule has 1 heterocycles. The van der Waals surface area contributed by atoms with E-state index in [1.54, 1.807) is 12.4 Å². The van der Waals surface area contributed by atoms with Crippen molar-refractivity contribution in [2.45, 2.75) is 11.3 Å². The lowest BCUT2D eigenvalue weighted by Crippen LogP contribution is -2.26. The number of aromatic nitrogens is 2. The number of anilines is 1. The zero-order valence-electron chi connectivity index (χ0n) is 10.2. The minimum atomic E-state index is -3.69. The zero-order chi connectivity index (χ0) is 14.8. The van der Waals surface area contributed by atoms with E-state index in [0.717, 1.165) is 0 Å². The summed E-state index contributed by atoms with van der Waals surface area (Å²) in [6.07, 6.45) is 3.75. The molecule has 0 aliphatic carbocycles. The Balaban J connectivity index is 2.14. The highest BCUT2D eigenvalue weighted by Crippen LogP contribution is 2.31. The Kier molecular flexibility index (Phi) is 4.69. The number of nitrogens with one attached hydrogen (secondary N) is 2. The summed E-state index contributed by atoms with van der Waals surface area (Å²) in [6, 6.07) is 2.82. The fourth-order valence-corrected chi connectivity index (χ4v) is 3.92. The molecule has 2 rings (SSSR count). The molecule has 0 saturated carbocycles. The summed E-state index contributed by atoms with van der Waals surface area (Å²) < 4.78 is 27.2. The maximum absolute atomic E-state index is 12.2. The largest absolute Gasteiger partial charge is 0.398 e. The van der Waals surface area contributed by atoms with Gasteiger partial charge in [-0.25, -0.2) is 18.1 Å². The highest BCUT2D eigenvalue weighted by Gasteiger charge is 2.19. The monoisotopic (exact) mass is 378 g/mol. The van der Waals surface area contributed by atoms with Crippen LogP contribution in [-0.2, 0) is 16.4 Å². The van der Waals surface area contributed by atoms with E-state index in [1.807, 2.05) is 0 Å². The van der Waals surface area contributed by atoms with Crippen molar-refractivity contribution in [2.75, 3.05) is 12.3 Å². The molecule has 0 aliphatic heterocycles. The summed E-state index contributed by atoms with van der Waals surface area (Å²) in [7, 11) is -3.69. The van der Waals surface area contributed by atoms with Crippen molar-refractivity contribution >= 4 is 43.2 Å². The molecule has 0 atom stereocenters. The standard InChI is InChI=1S/C11H12BrClN4O2S/c12-11-8(14)5-7(13)6-9(11)20(18,19)17-2-1-10-15-3-4-16-10/h3-6,17H,1-2,14H2,(H,15,16). The van der Waals surface area contributed by atoms with Gasteiger partial charge in [0, 0.05) is 36.1 Å². The van der Waals surface area contributed by atoms with Crippen molar-refractivity contribution in [3.05, 3.63) is 39.8 Å². The number of aromatic amines is 1. The summed E-state index contributed by atoms with van der Waals surface area (Å²) in [6.45, 7) is 0.217. The van der Waals surface area contributed by atoms with Gasteiger partial charge in [-0.05, 0) is 28.1 Å². The van der Waals surface area contributed by atoms with Gasteiger partial charge in [0.25, 0.3) is 0 Å². The fraction of sp³-hybridized carbons (Fsp3) is 0.182. The summed E-state index contributed by atoms with van der Waals surface area (Å²) in [5, 5.41) is 0.261. The third-order valence-electron chi connectivity index (χ3n) is 2.53. The van der Waals surface area contributed by atoms with Crippen LogP contribution in [-0.4, -0.2) is 24.9 Å². The van der Waals surface area contributed by atoms with E-state index in [9.17, 15) is 8.42 Å². The van der Waals surface area contributed by atoms with E-state index < -0.39 is 10.0 Å². The van der Waals surface area contributed by atoms with E-state index in [1.165, 1.54) is 12.1 Å². The van der Waals surface area contributed by atoms with Crippen LogP contribution < -0.4 is 10.5 Å². The maximum atomic E-state index is 12.2. The molecule has 4 N–H and O–H groups in total. The van der Waals surface area contributed by atoms with Gasteiger partial charge in [0.2, 0.25) is 10.0 Å². The highest BCUT2D eigenvalue weighted by molar-refractivity contribution is 9.10. The number of H-pyrrole nitrogens is 1. The van der Waals surface area contributed by atoms with Gasteiger partial charge in [0.1, 0.15) is 5.82 Å². The lowest BCUT2D eigenvalue weighted by Gasteiger charge is -2.10. The molecule has 0 spiro atoms. The third-order valence-corrected chi connectivity index (χ3v) is 5.38. The number of halogens is 2. The SMILES string of the molecule is Nc1cc(Cl)cc(S(=O)(=O)NCCc2ncc[nH]2)c1Br. The van der Waals surface area contributed by atoms with E-state index in [4.69, 9.17) is 17.3 Å². The van der Waals surface area contributed by atoms with Gasteiger partial charge in [-0.1, -0.05) is 11.6 Å². The lowest BCUT2D eigenvalue weighted by atomic mass is 10.3. The number of sulfonamides is 1. The fourth-order valence-electron chi connectivity index (χ4n) is 1.60. The van der Waals surface area contributed by atoms with E-state index in [-0.39, 0.29) is 22.2 Å². The first-order valence-electron chi connectivity index (χ1n) is 5.62. The van der Waals surface area contributed by atoms with Gasteiger partial charge >= 0.3 is 0 Å². The first kappa shape index (κ1) is 15.3. The summed E-state index contributed by atoms with van der Waals surface area (Å²) >= 11 is 8.99. The lowest BCUT2D eigenvalue weighted by molar-refractivity contribution is 0.580. The van der Waals surface area contributed by atoms with Crippen molar-refractivity contribution in [3.63, 3.8) is 0 Å². The topological polar surface area (TPSA) is 101 Å². The Morgan fingerprint density at radius 1 is 1.45 bits per heavy atom. The summed E-state index contributed by atoms with van der Waals surface area (Å²) in [5.41, 5.74) is 5.95. The van der Waals surface area contributed by atoms with Crippen molar-refractivity contribution in [1.82, 2.24) is 14.7 Å². The molecule has 2 aromatic rings. The number of hydrogen-bond acceptors (Lipinski definition) is 4. The van der Waals surface area contributed by atoms with Crippen molar-refractivity contribution in [1.29, 1.82) is 0 Å². The van der Waals surface area contributed by atoms with Crippen molar-refractivity contribution < 1.29 is 8.42 Å².